The number of aromatic nitrogens is 2. The lowest BCUT2D eigenvalue weighted by Crippen LogP contribution is -2.42. The Morgan fingerprint density at radius 1 is 1.28 bits per heavy atom. The van der Waals surface area contributed by atoms with Gasteiger partial charge in [0.15, 0.2) is 5.60 Å². The lowest BCUT2D eigenvalue weighted by molar-refractivity contribution is -0.128. The summed E-state index contributed by atoms with van der Waals surface area (Å²) in [6.45, 7) is 9.05. The van der Waals surface area contributed by atoms with Crippen molar-refractivity contribution in [3.63, 3.8) is 0 Å². The molecule has 1 atom stereocenters. The van der Waals surface area contributed by atoms with Crippen LogP contribution in [0.3, 0.4) is 0 Å². The zero-order valence-corrected chi connectivity index (χ0v) is 16.7. The molecular formula is C17H22ClN3O3S. The number of amides is 1. The largest absolute Gasteiger partial charge is 0.478 e. The van der Waals surface area contributed by atoms with Crippen molar-refractivity contribution < 1.29 is 14.3 Å². The summed E-state index contributed by atoms with van der Waals surface area (Å²) in [6.07, 6.45) is -0.174. The van der Waals surface area contributed by atoms with Crippen LogP contribution in [0, 0.1) is 13.8 Å². The molecule has 0 aliphatic rings. The average molecular weight is 384 g/mol. The minimum Gasteiger partial charge on any atom is -0.478 e. The number of ether oxygens (including phenoxy) is 2. The third-order valence-corrected chi connectivity index (χ3v) is 5.29. The van der Waals surface area contributed by atoms with Gasteiger partial charge < -0.3 is 9.47 Å². The fourth-order valence-corrected chi connectivity index (χ4v) is 2.98. The second kappa shape index (κ2) is 7.68. The first-order valence-corrected chi connectivity index (χ1v) is 8.97. The fraction of sp³-hybridized carbons (Fsp3) is 0.471. The Kier molecular flexibility index (Phi) is 6.03. The van der Waals surface area contributed by atoms with Gasteiger partial charge in [0.25, 0.3) is 5.91 Å². The SMILES string of the molecule is COC(C)c1nnc(NC(=O)C(C)(C)Oc2cc(C)c(Cl)c(C)c2)s1. The number of aryl methyl sites for hydroxylation is 2. The van der Waals surface area contributed by atoms with Crippen LogP contribution in [0.25, 0.3) is 0 Å². The van der Waals surface area contributed by atoms with Gasteiger partial charge in [-0.05, 0) is 57.9 Å². The Hall–Kier alpha value is -1.70. The van der Waals surface area contributed by atoms with E-state index in [1.165, 1.54) is 11.3 Å². The van der Waals surface area contributed by atoms with Crippen LogP contribution in [-0.2, 0) is 9.53 Å². The monoisotopic (exact) mass is 383 g/mol. The number of halogens is 1. The predicted octanol–water partition coefficient (Wildman–Crippen LogP) is 4.31. The number of nitrogens with zero attached hydrogens (tertiary/aromatic N) is 2. The number of nitrogens with one attached hydrogen (secondary N) is 1. The lowest BCUT2D eigenvalue weighted by Gasteiger charge is -2.25. The number of carbonyl (C=O) groups excluding carboxylic acids is 1. The molecule has 1 aromatic heterocycles. The maximum absolute atomic E-state index is 12.6. The van der Waals surface area contributed by atoms with Gasteiger partial charge in [0, 0.05) is 12.1 Å². The van der Waals surface area contributed by atoms with Gasteiger partial charge in [0.1, 0.15) is 16.9 Å². The van der Waals surface area contributed by atoms with E-state index in [-0.39, 0.29) is 12.0 Å². The molecule has 0 aliphatic heterocycles. The molecule has 0 spiro atoms. The van der Waals surface area contributed by atoms with E-state index in [4.69, 9.17) is 21.1 Å². The third kappa shape index (κ3) is 4.68. The van der Waals surface area contributed by atoms with Crippen molar-refractivity contribution in [2.45, 2.75) is 46.3 Å². The molecule has 0 aliphatic carbocycles. The van der Waals surface area contributed by atoms with Crippen LogP contribution in [0.5, 0.6) is 5.75 Å². The molecule has 1 unspecified atom stereocenters. The van der Waals surface area contributed by atoms with E-state index in [2.05, 4.69) is 15.5 Å². The second-order valence-corrected chi connectivity index (χ2v) is 7.65. The molecule has 1 heterocycles. The van der Waals surface area contributed by atoms with Gasteiger partial charge >= 0.3 is 0 Å². The Morgan fingerprint density at radius 3 is 2.44 bits per heavy atom. The van der Waals surface area contributed by atoms with Gasteiger partial charge in [0.2, 0.25) is 5.13 Å². The van der Waals surface area contributed by atoms with Crippen LogP contribution in [0.2, 0.25) is 5.02 Å². The molecule has 2 rings (SSSR count). The van der Waals surface area contributed by atoms with Gasteiger partial charge in [-0.25, -0.2) is 0 Å². The van der Waals surface area contributed by atoms with Crippen LogP contribution in [0.4, 0.5) is 5.13 Å². The number of methoxy groups -OCH3 is 1. The standard InChI is InChI=1S/C17H22ClN3O3S/c1-9-7-12(8-10(2)13(9)18)24-17(4,5)15(22)19-16-21-20-14(25-16)11(3)23-6/h7-8,11H,1-6H3,(H,19,21,22). The summed E-state index contributed by atoms with van der Waals surface area (Å²) in [5.74, 6) is 0.274. The summed E-state index contributed by atoms with van der Waals surface area (Å²) in [5.41, 5.74) is 0.705. The molecule has 1 amide bonds. The molecule has 25 heavy (non-hydrogen) atoms. The zero-order valence-electron chi connectivity index (χ0n) is 15.1. The highest BCUT2D eigenvalue weighted by Crippen LogP contribution is 2.29. The van der Waals surface area contributed by atoms with Crippen LogP contribution in [0.1, 0.15) is 43.0 Å². The predicted molar refractivity (Wildman–Crippen MR) is 99.6 cm³/mol. The van der Waals surface area contributed by atoms with Crippen molar-refractivity contribution in [2.75, 3.05) is 12.4 Å². The van der Waals surface area contributed by atoms with Gasteiger partial charge in [-0.1, -0.05) is 22.9 Å². The number of rotatable bonds is 6. The van der Waals surface area contributed by atoms with Crippen molar-refractivity contribution in [1.82, 2.24) is 10.2 Å². The van der Waals surface area contributed by atoms with Crippen molar-refractivity contribution in [3.8, 4) is 5.75 Å². The van der Waals surface area contributed by atoms with Gasteiger partial charge in [-0.3, -0.25) is 10.1 Å². The molecular weight excluding hydrogens is 362 g/mol. The van der Waals surface area contributed by atoms with E-state index in [0.717, 1.165) is 11.1 Å². The Labute approximate surface area is 156 Å². The molecule has 0 bridgehead atoms. The minimum absolute atomic E-state index is 0.174. The van der Waals surface area contributed by atoms with Crippen LogP contribution >= 0.6 is 22.9 Å². The summed E-state index contributed by atoms with van der Waals surface area (Å²) in [5, 5.41) is 12.5. The first kappa shape index (κ1) is 19.6. The molecule has 136 valence electrons. The maximum Gasteiger partial charge on any atom is 0.269 e. The molecule has 8 heteroatoms. The Balaban J connectivity index is 2.10. The van der Waals surface area contributed by atoms with Crippen molar-refractivity contribution >= 4 is 34.0 Å². The summed E-state index contributed by atoms with van der Waals surface area (Å²) < 4.78 is 11.1. The van der Waals surface area contributed by atoms with Crippen molar-refractivity contribution in [3.05, 3.63) is 33.3 Å². The van der Waals surface area contributed by atoms with E-state index < -0.39 is 5.60 Å². The highest BCUT2D eigenvalue weighted by Gasteiger charge is 2.31. The average Bonchev–Trinajstić information content (AvgIpc) is 2.99. The van der Waals surface area contributed by atoms with E-state index in [1.54, 1.807) is 21.0 Å². The number of benzene rings is 1. The summed E-state index contributed by atoms with van der Waals surface area (Å²) >= 11 is 7.44. The topological polar surface area (TPSA) is 73.3 Å². The minimum atomic E-state index is -1.09. The van der Waals surface area contributed by atoms with Crippen LogP contribution in [0.15, 0.2) is 12.1 Å². The molecule has 0 radical (unpaired) electrons. The zero-order chi connectivity index (χ0) is 18.8. The number of anilines is 1. The lowest BCUT2D eigenvalue weighted by atomic mass is 10.1. The number of hydrogen-bond acceptors (Lipinski definition) is 6. The Bertz CT molecular complexity index is 753. The van der Waals surface area contributed by atoms with Gasteiger partial charge in [0.05, 0.1) is 0 Å². The molecule has 6 nitrogen and oxygen atoms in total. The first-order chi connectivity index (χ1) is 11.6. The number of hydrogen-bond donors (Lipinski definition) is 1. The quantitative estimate of drug-likeness (QED) is 0.804. The maximum atomic E-state index is 12.6. The van der Waals surface area contributed by atoms with Crippen LogP contribution in [-0.4, -0.2) is 28.8 Å². The van der Waals surface area contributed by atoms with E-state index in [0.29, 0.717) is 20.9 Å². The van der Waals surface area contributed by atoms with Crippen molar-refractivity contribution in [2.24, 2.45) is 0 Å². The second-order valence-electron chi connectivity index (χ2n) is 6.26. The van der Waals surface area contributed by atoms with E-state index in [1.807, 2.05) is 32.9 Å². The molecule has 0 saturated heterocycles. The summed E-state index contributed by atoms with van der Waals surface area (Å²) in [4.78, 5) is 12.6. The smallest absolute Gasteiger partial charge is 0.269 e. The molecule has 0 fully saturated rings. The summed E-state index contributed by atoms with van der Waals surface area (Å²) in [7, 11) is 1.59. The van der Waals surface area contributed by atoms with E-state index >= 15 is 0 Å². The molecule has 1 aromatic carbocycles. The van der Waals surface area contributed by atoms with Crippen molar-refractivity contribution in [1.29, 1.82) is 0 Å². The normalized spacial score (nSPS) is 12.8. The molecule has 1 N–H and O–H groups in total. The molecule has 2 aromatic rings. The first-order valence-electron chi connectivity index (χ1n) is 7.77. The molecule has 0 saturated carbocycles. The third-order valence-electron chi connectivity index (χ3n) is 3.69. The van der Waals surface area contributed by atoms with Gasteiger partial charge in [-0.2, -0.15) is 0 Å². The van der Waals surface area contributed by atoms with Gasteiger partial charge in [-0.15, -0.1) is 10.2 Å². The number of carbonyl (C=O) groups is 1. The Morgan fingerprint density at radius 2 is 1.88 bits per heavy atom. The van der Waals surface area contributed by atoms with Crippen LogP contribution < -0.4 is 10.1 Å². The fourth-order valence-electron chi connectivity index (χ4n) is 2.10. The van der Waals surface area contributed by atoms with E-state index in [9.17, 15) is 4.79 Å². The highest BCUT2D eigenvalue weighted by atomic mass is 35.5. The highest BCUT2D eigenvalue weighted by molar-refractivity contribution is 7.15. The summed E-state index contributed by atoms with van der Waals surface area (Å²) in [6, 6.07) is 3.63.